The lowest BCUT2D eigenvalue weighted by molar-refractivity contribution is -0.119. The van der Waals surface area contributed by atoms with E-state index >= 15 is 0 Å². The molecule has 7 heteroatoms. The SMILES string of the molecule is CCc1c(C)nc2n(c1=O)CC(C(=O)Nc1ccncc1)CS2. The van der Waals surface area contributed by atoms with E-state index < -0.39 is 0 Å². The Labute approximate surface area is 138 Å². The van der Waals surface area contributed by atoms with Gasteiger partial charge in [0.25, 0.3) is 5.56 Å². The number of fused-ring (bicyclic) bond motifs is 1. The summed E-state index contributed by atoms with van der Waals surface area (Å²) in [5, 5.41) is 3.58. The maximum Gasteiger partial charge on any atom is 0.257 e. The van der Waals surface area contributed by atoms with Crippen LogP contribution in [0, 0.1) is 12.8 Å². The molecule has 0 aromatic carbocycles. The molecule has 120 valence electrons. The third-order valence-electron chi connectivity index (χ3n) is 3.92. The van der Waals surface area contributed by atoms with Gasteiger partial charge in [-0.3, -0.25) is 19.1 Å². The lowest BCUT2D eigenvalue weighted by Gasteiger charge is -2.25. The van der Waals surface area contributed by atoms with E-state index in [2.05, 4.69) is 15.3 Å². The van der Waals surface area contributed by atoms with Crippen molar-refractivity contribution in [2.24, 2.45) is 5.92 Å². The number of thioether (sulfide) groups is 1. The molecule has 0 saturated heterocycles. The predicted molar refractivity (Wildman–Crippen MR) is 89.7 cm³/mol. The van der Waals surface area contributed by atoms with Crippen molar-refractivity contribution < 1.29 is 4.79 Å². The second kappa shape index (κ2) is 6.54. The second-order valence-electron chi connectivity index (χ2n) is 5.46. The quantitative estimate of drug-likeness (QED) is 0.870. The molecule has 1 aliphatic heterocycles. The first kappa shape index (κ1) is 15.7. The van der Waals surface area contributed by atoms with Gasteiger partial charge in [-0.25, -0.2) is 4.98 Å². The minimum Gasteiger partial charge on any atom is -0.326 e. The van der Waals surface area contributed by atoms with Crippen LogP contribution in [-0.2, 0) is 17.8 Å². The van der Waals surface area contributed by atoms with Crippen molar-refractivity contribution in [1.82, 2.24) is 14.5 Å². The number of carbonyl (C=O) groups excluding carboxylic acids is 1. The Kier molecular flexibility index (Phi) is 4.47. The molecule has 1 N–H and O–H groups in total. The van der Waals surface area contributed by atoms with Crippen LogP contribution < -0.4 is 10.9 Å². The number of pyridine rings is 1. The van der Waals surface area contributed by atoms with Crippen LogP contribution in [0.15, 0.2) is 34.5 Å². The number of hydrogen-bond donors (Lipinski definition) is 1. The summed E-state index contributed by atoms with van der Waals surface area (Å²) in [4.78, 5) is 33.4. The molecule has 0 spiro atoms. The van der Waals surface area contributed by atoms with Gasteiger partial charge < -0.3 is 5.32 Å². The highest BCUT2D eigenvalue weighted by molar-refractivity contribution is 7.99. The van der Waals surface area contributed by atoms with Crippen LogP contribution >= 0.6 is 11.8 Å². The van der Waals surface area contributed by atoms with E-state index in [9.17, 15) is 9.59 Å². The van der Waals surface area contributed by atoms with E-state index in [4.69, 9.17) is 0 Å². The number of anilines is 1. The molecule has 0 radical (unpaired) electrons. The first-order valence-corrected chi connectivity index (χ1v) is 8.52. The Morgan fingerprint density at radius 3 is 2.87 bits per heavy atom. The van der Waals surface area contributed by atoms with E-state index in [1.54, 1.807) is 29.1 Å². The normalized spacial score (nSPS) is 16.7. The Bertz CT molecular complexity index is 789. The molecule has 0 bridgehead atoms. The van der Waals surface area contributed by atoms with E-state index in [1.807, 2.05) is 13.8 Å². The van der Waals surface area contributed by atoms with Crippen LogP contribution in [0.25, 0.3) is 0 Å². The van der Waals surface area contributed by atoms with Crippen molar-refractivity contribution in [1.29, 1.82) is 0 Å². The molecule has 1 aliphatic rings. The zero-order chi connectivity index (χ0) is 16.4. The van der Waals surface area contributed by atoms with Gasteiger partial charge in [-0.1, -0.05) is 18.7 Å². The molecular weight excluding hydrogens is 312 g/mol. The van der Waals surface area contributed by atoms with Crippen molar-refractivity contribution in [2.75, 3.05) is 11.1 Å². The number of aromatic nitrogens is 3. The minimum absolute atomic E-state index is 0.0242. The van der Waals surface area contributed by atoms with Crippen molar-refractivity contribution >= 4 is 23.4 Å². The van der Waals surface area contributed by atoms with Gasteiger partial charge in [-0.2, -0.15) is 0 Å². The molecular formula is C16H18N4O2S. The van der Waals surface area contributed by atoms with Crippen LogP contribution in [0.5, 0.6) is 0 Å². The zero-order valence-electron chi connectivity index (χ0n) is 13.1. The highest BCUT2D eigenvalue weighted by Crippen LogP contribution is 2.26. The van der Waals surface area contributed by atoms with E-state index in [-0.39, 0.29) is 17.4 Å². The average Bonchev–Trinajstić information content (AvgIpc) is 2.56. The summed E-state index contributed by atoms with van der Waals surface area (Å²) in [6.45, 7) is 4.18. The number of aryl methyl sites for hydroxylation is 1. The fourth-order valence-electron chi connectivity index (χ4n) is 2.64. The third-order valence-corrected chi connectivity index (χ3v) is 5.06. The standard InChI is InChI=1S/C16H18N4O2S/c1-3-13-10(2)18-16-20(15(13)22)8-11(9-23-16)14(21)19-12-4-6-17-7-5-12/h4-7,11H,3,8-9H2,1-2H3,(H,17,19,21). The van der Waals surface area contributed by atoms with E-state index in [1.165, 1.54) is 11.8 Å². The summed E-state index contributed by atoms with van der Waals surface area (Å²) in [6, 6.07) is 3.49. The van der Waals surface area contributed by atoms with Crippen molar-refractivity contribution in [2.45, 2.75) is 32.0 Å². The molecule has 3 rings (SSSR count). The molecule has 1 atom stereocenters. The van der Waals surface area contributed by atoms with Crippen molar-refractivity contribution in [3.05, 3.63) is 46.1 Å². The fourth-order valence-corrected chi connectivity index (χ4v) is 3.76. The molecule has 2 aromatic heterocycles. The average molecular weight is 330 g/mol. The monoisotopic (exact) mass is 330 g/mol. The van der Waals surface area contributed by atoms with Crippen LogP contribution in [0.4, 0.5) is 5.69 Å². The minimum atomic E-state index is -0.257. The molecule has 3 heterocycles. The van der Waals surface area contributed by atoms with E-state index in [0.717, 1.165) is 11.3 Å². The Balaban J connectivity index is 1.82. The van der Waals surface area contributed by atoms with Gasteiger partial charge in [0.15, 0.2) is 5.16 Å². The first-order valence-electron chi connectivity index (χ1n) is 7.54. The summed E-state index contributed by atoms with van der Waals surface area (Å²) in [5.74, 6) is 0.279. The second-order valence-corrected chi connectivity index (χ2v) is 6.45. The van der Waals surface area contributed by atoms with Crippen molar-refractivity contribution in [3.63, 3.8) is 0 Å². The largest absolute Gasteiger partial charge is 0.326 e. The van der Waals surface area contributed by atoms with Gasteiger partial charge in [0, 0.05) is 41.6 Å². The summed E-state index contributed by atoms with van der Waals surface area (Å²) in [7, 11) is 0. The number of hydrogen-bond acceptors (Lipinski definition) is 5. The number of carbonyl (C=O) groups is 1. The molecule has 0 fully saturated rings. The lowest BCUT2D eigenvalue weighted by atomic mass is 10.1. The van der Waals surface area contributed by atoms with Gasteiger partial charge in [0.05, 0.1) is 5.92 Å². The summed E-state index contributed by atoms with van der Waals surface area (Å²) in [6.07, 6.45) is 3.91. The number of rotatable bonds is 3. The number of amides is 1. The molecule has 2 aromatic rings. The van der Waals surface area contributed by atoms with Gasteiger partial charge in [0.1, 0.15) is 0 Å². The highest BCUT2D eigenvalue weighted by atomic mass is 32.2. The molecule has 23 heavy (non-hydrogen) atoms. The van der Waals surface area contributed by atoms with Crippen LogP contribution in [0.3, 0.4) is 0 Å². The topological polar surface area (TPSA) is 76.9 Å². The predicted octanol–water partition coefficient (Wildman–Crippen LogP) is 1.87. The number of nitrogens with one attached hydrogen (secondary N) is 1. The maximum absolute atomic E-state index is 12.6. The van der Waals surface area contributed by atoms with Crippen molar-refractivity contribution in [3.8, 4) is 0 Å². The van der Waals surface area contributed by atoms with Gasteiger partial charge in [0.2, 0.25) is 5.91 Å². The Morgan fingerprint density at radius 2 is 2.17 bits per heavy atom. The van der Waals surface area contributed by atoms with Crippen LogP contribution in [0.2, 0.25) is 0 Å². The van der Waals surface area contributed by atoms with Gasteiger partial charge in [-0.05, 0) is 25.5 Å². The van der Waals surface area contributed by atoms with Crippen LogP contribution in [0.1, 0.15) is 18.2 Å². The Morgan fingerprint density at radius 1 is 1.43 bits per heavy atom. The lowest BCUT2D eigenvalue weighted by Crippen LogP contribution is -2.38. The molecule has 1 amide bonds. The molecule has 1 unspecified atom stereocenters. The molecule has 6 nitrogen and oxygen atoms in total. The molecule has 0 saturated carbocycles. The molecule has 0 aliphatic carbocycles. The smallest absolute Gasteiger partial charge is 0.257 e. The summed E-state index contributed by atoms with van der Waals surface area (Å²) < 4.78 is 1.64. The first-order chi connectivity index (χ1) is 11.1. The van der Waals surface area contributed by atoms with Crippen LogP contribution in [-0.4, -0.2) is 26.2 Å². The Hall–Kier alpha value is -2.15. The number of nitrogens with zero attached hydrogens (tertiary/aromatic N) is 3. The van der Waals surface area contributed by atoms with Gasteiger partial charge >= 0.3 is 0 Å². The zero-order valence-corrected chi connectivity index (χ0v) is 13.9. The summed E-state index contributed by atoms with van der Waals surface area (Å²) in [5.41, 5.74) is 2.20. The fraction of sp³-hybridized carbons (Fsp3) is 0.375. The van der Waals surface area contributed by atoms with E-state index in [0.29, 0.717) is 29.6 Å². The highest BCUT2D eigenvalue weighted by Gasteiger charge is 2.28. The maximum atomic E-state index is 12.6. The third kappa shape index (κ3) is 3.14. The summed E-state index contributed by atoms with van der Waals surface area (Å²) >= 11 is 1.46. The van der Waals surface area contributed by atoms with Gasteiger partial charge in [-0.15, -0.1) is 0 Å².